The molecule has 0 aliphatic carbocycles. The van der Waals surface area contributed by atoms with Crippen LogP contribution in [0.3, 0.4) is 0 Å². The summed E-state index contributed by atoms with van der Waals surface area (Å²) in [4.78, 5) is 14.9. The number of para-hydroxylation sites is 2. The van der Waals surface area contributed by atoms with E-state index in [1.807, 2.05) is 52.0 Å². The standard InChI is InChI=1S/C25H26N6OS/c32-25(21-10-14-33-18-21)27-24-8-4-3-7-23(24)26-15-22-17-31(29-28-22)13-12-30-11-9-19-5-1-2-6-20(19)16-30/h1-8,10,14,17-18,26H,9,11-13,15-16H2,(H,27,32). The smallest absolute Gasteiger partial charge is 0.256 e. The van der Waals surface area contributed by atoms with Crippen molar-refractivity contribution in [3.05, 3.63) is 93.9 Å². The van der Waals surface area contributed by atoms with Gasteiger partial charge in [-0.3, -0.25) is 14.4 Å². The highest BCUT2D eigenvalue weighted by Crippen LogP contribution is 2.23. The van der Waals surface area contributed by atoms with Crippen molar-refractivity contribution in [1.29, 1.82) is 0 Å². The maximum absolute atomic E-state index is 12.4. The summed E-state index contributed by atoms with van der Waals surface area (Å²) >= 11 is 1.51. The number of aromatic nitrogens is 3. The third kappa shape index (κ3) is 5.30. The molecule has 2 N–H and O–H groups in total. The lowest BCUT2D eigenvalue weighted by Gasteiger charge is -2.28. The molecule has 1 aliphatic rings. The van der Waals surface area contributed by atoms with Gasteiger partial charge in [0.15, 0.2) is 0 Å². The van der Waals surface area contributed by atoms with E-state index in [1.54, 1.807) is 0 Å². The third-order valence-electron chi connectivity index (χ3n) is 5.86. The van der Waals surface area contributed by atoms with Gasteiger partial charge in [0, 0.05) is 25.0 Å². The number of benzene rings is 2. The maximum atomic E-state index is 12.4. The molecule has 0 radical (unpaired) electrons. The van der Waals surface area contributed by atoms with Crippen molar-refractivity contribution in [1.82, 2.24) is 19.9 Å². The van der Waals surface area contributed by atoms with Crippen LogP contribution in [0.15, 0.2) is 71.6 Å². The highest BCUT2D eigenvalue weighted by Gasteiger charge is 2.15. The Morgan fingerprint density at radius 3 is 2.67 bits per heavy atom. The Morgan fingerprint density at radius 1 is 1.00 bits per heavy atom. The second-order valence-corrected chi connectivity index (χ2v) is 8.91. The van der Waals surface area contributed by atoms with Crippen LogP contribution < -0.4 is 10.6 Å². The number of nitrogens with zero attached hydrogens (tertiary/aromatic N) is 4. The minimum Gasteiger partial charge on any atom is -0.378 e. The van der Waals surface area contributed by atoms with Crippen LogP contribution in [0.1, 0.15) is 27.2 Å². The van der Waals surface area contributed by atoms with Crippen LogP contribution >= 0.6 is 11.3 Å². The quantitative estimate of drug-likeness (QED) is 0.413. The van der Waals surface area contributed by atoms with E-state index in [-0.39, 0.29) is 5.91 Å². The summed E-state index contributed by atoms with van der Waals surface area (Å²) in [5.41, 5.74) is 6.01. The molecule has 168 valence electrons. The Kier molecular flexibility index (Phi) is 6.46. The molecule has 2 aromatic heterocycles. The maximum Gasteiger partial charge on any atom is 0.256 e. The molecule has 1 aliphatic heterocycles. The fourth-order valence-corrected chi connectivity index (χ4v) is 4.67. The molecule has 8 heteroatoms. The van der Waals surface area contributed by atoms with Crippen molar-refractivity contribution in [2.45, 2.75) is 26.1 Å². The first-order chi connectivity index (χ1) is 16.2. The van der Waals surface area contributed by atoms with Crippen LogP contribution in [0.5, 0.6) is 0 Å². The zero-order chi connectivity index (χ0) is 22.5. The fraction of sp³-hybridized carbons (Fsp3) is 0.240. The summed E-state index contributed by atoms with van der Waals surface area (Å²) in [5.74, 6) is -0.114. The van der Waals surface area contributed by atoms with Crippen molar-refractivity contribution in [2.75, 3.05) is 23.7 Å². The molecule has 2 aromatic carbocycles. The van der Waals surface area contributed by atoms with Gasteiger partial charge in [-0.25, -0.2) is 0 Å². The number of hydrogen-bond acceptors (Lipinski definition) is 6. The summed E-state index contributed by atoms with van der Waals surface area (Å²) in [6, 6.07) is 18.2. The van der Waals surface area contributed by atoms with E-state index < -0.39 is 0 Å². The highest BCUT2D eigenvalue weighted by molar-refractivity contribution is 7.08. The number of thiophene rings is 1. The molecule has 4 aromatic rings. The number of carbonyl (C=O) groups is 1. The Bertz CT molecular complexity index is 1220. The van der Waals surface area contributed by atoms with Crippen molar-refractivity contribution in [2.24, 2.45) is 0 Å². The van der Waals surface area contributed by atoms with E-state index in [2.05, 4.69) is 50.1 Å². The Labute approximate surface area is 197 Å². The van der Waals surface area contributed by atoms with Crippen molar-refractivity contribution < 1.29 is 4.79 Å². The average molecular weight is 459 g/mol. The van der Waals surface area contributed by atoms with Gasteiger partial charge in [0.25, 0.3) is 5.91 Å². The van der Waals surface area contributed by atoms with Crippen LogP contribution in [0.4, 0.5) is 11.4 Å². The van der Waals surface area contributed by atoms with Gasteiger partial charge in [0.2, 0.25) is 0 Å². The van der Waals surface area contributed by atoms with Crippen molar-refractivity contribution in [3.8, 4) is 0 Å². The summed E-state index contributed by atoms with van der Waals surface area (Å²) in [6.07, 6.45) is 3.09. The second-order valence-electron chi connectivity index (χ2n) is 8.13. The van der Waals surface area contributed by atoms with Crippen LogP contribution in [0.25, 0.3) is 0 Å². The molecular weight excluding hydrogens is 432 g/mol. The lowest BCUT2D eigenvalue weighted by atomic mass is 10.00. The monoisotopic (exact) mass is 458 g/mol. The molecule has 0 saturated carbocycles. The van der Waals surface area contributed by atoms with Crippen LogP contribution in [-0.4, -0.2) is 38.9 Å². The first-order valence-corrected chi connectivity index (χ1v) is 12.0. The molecule has 0 atom stereocenters. The number of nitrogens with one attached hydrogen (secondary N) is 2. The Morgan fingerprint density at radius 2 is 1.82 bits per heavy atom. The summed E-state index contributed by atoms with van der Waals surface area (Å²) < 4.78 is 1.90. The minimum absolute atomic E-state index is 0.114. The normalized spacial score (nSPS) is 13.5. The van der Waals surface area contributed by atoms with Crippen LogP contribution in [0.2, 0.25) is 0 Å². The van der Waals surface area contributed by atoms with Gasteiger partial charge >= 0.3 is 0 Å². The van der Waals surface area contributed by atoms with Gasteiger partial charge in [0.05, 0.1) is 36.2 Å². The van der Waals surface area contributed by atoms with Crippen molar-refractivity contribution >= 4 is 28.6 Å². The molecule has 0 bridgehead atoms. The first kappa shape index (κ1) is 21.4. The number of hydrogen-bond donors (Lipinski definition) is 2. The van der Waals surface area contributed by atoms with Gasteiger partial charge in [0.1, 0.15) is 5.69 Å². The topological polar surface area (TPSA) is 75.1 Å². The molecular formula is C25H26N6OS. The van der Waals surface area contributed by atoms with Crippen LogP contribution in [-0.2, 0) is 26.1 Å². The number of amides is 1. The van der Waals surface area contributed by atoms with E-state index in [0.717, 1.165) is 49.7 Å². The van der Waals surface area contributed by atoms with Crippen molar-refractivity contribution in [3.63, 3.8) is 0 Å². The second kappa shape index (κ2) is 9.97. The third-order valence-corrected chi connectivity index (χ3v) is 6.54. The summed E-state index contributed by atoms with van der Waals surface area (Å²) in [7, 11) is 0. The Hall–Kier alpha value is -3.49. The fourth-order valence-electron chi connectivity index (χ4n) is 4.04. The van der Waals surface area contributed by atoms with Crippen LogP contribution in [0, 0.1) is 0 Å². The number of anilines is 2. The van der Waals surface area contributed by atoms with E-state index in [4.69, 9.17) is 0 Å². The van der Waals surface area contributed by atoms with Gasteiger partial charge in [-0.2, -0.15) is 11.3 Å². The van der Waals surface area contributed by atoms with Gasteiger partial charge in [-0.1, -0.05) is 41.6 Å². The average Bonchev–Trinajstić information content (AvgIpc) is 3.55. The minimum atomic E-state index is -0.114. The lowest BCUT2D eigenvalue weighted by molar-refractivity contribution is 0.102. The molecule has 7 nitrogen and oxygen atoms in total. The predicted octanol–water partition coefficient (Wildman–Crippen LogP) is 4.26. The SMILES string of the molecule is O=C(Nc1ccccc1NCc1cn(CCN2CCc3ccccc3C2)nn1)c1ccsc1. The summed E-state index contributed by atoms with van der Waals surface area (Å²) in [5, 5.41) is 18.7. The number of carbonyl (C=O) groups excluding carboxylic acids is 1. The van der Waals surface area contributed by atoms with E-state index in [1.165, 1.54) is 22.5 Å². The Balaban J connectivity index is 1.14. The number of rotatable bonds is 8. The molecule has 0 saturated heterocycles. The molecule has 33 heavy (non-hydrogen) atoms. The molecule has 0 spiro atoms. The predicted molar refractivity (Wildman–Crippen MR) is 131 cm³/mol. The molecule has 5 rings (SSSR count). The molecule has 1 amide bonds. The van der Waals surface area contributed by atoms with Gasteiger partial charge in [-0.15, -0.1) is 5.10 Å². The molecule has 3 heterocycles. The molecule has 0 fully saturated rings. The van der Waals surface area contributed by atoms with Gasteiger partial charge < -0.3 is 10.6 Å². The lowest BCUT2D eigenvalue weighted by Crippen LogP contribution is -2.33. The first-order valence-electron chi connectivity index (χ1n) is 11.1. The zero-order valence-corrected chi connectivity index (χ0v) is 19.1. The van der Waals surface area contributed by atoms with E-state index in [9.17, 15) is 4.79 Å². The molecule has 0 unspecified atom stereocenters. The zero-order valence-electron chi connectivity index (χ0n) is 18.3. The highest BCUT2D eigenvalue weighted by atomic mass is 32.1. The largest absolute Gasteiger partial charge is 0.378 e. The van der Waals surface area contributed by atoms with E-state index in [0.29, 0.717) is 12.1 Å². The van der Waals surface area contributed by atoms with E-state index >= 15 is 0 Å². The van der Waals surface area contributed by atoms with Gasteiger partial charge in [-0.05, 0) is 41.1 Å². The summed E-state index contributed by atoms with van der Waals surface area (Å²) in [6.45, 7) is 4.36. The number of fused-ring (bicyclic) bond motifs is 1.